The van der Waals surface area contributed by atoms with E-state index in [2.05, 4.69) is 51.4 Å². The molecule has 0 spiro atoms. The lowest BCUT2D eigenvalue weighted by atomic mass is 10.1. The summed E-state index contributed by atoms with van der Waals surface area (Å²) in [4.78, 5) is 9.06. The highest BCUT2D eigenvalue weighted by molar-refractivity contribution is 5.79. The molecular formula is C21H34N4O. The van der Waals surface area contributed by atoms with Gasteiger partial charge in [0.2, 0.25) is 0 Å². The van der Waals surface area contributed by atoms with E-state index in [1.807, 2.05) is 7.05 Å². The summed E-state index contributed by atoms with van der Waals surface area (Å²) in [7, 11) is 3.90. The van der Waals surface area contributed by atoms with E-state index in [1.54, 1.807) is 0 Å². The predicted molar refractivity (Wildman–Crippen MR) is 107 cm³/mol. The van der Waals surface area contributed by atoms with E-state index in [4.69, 9.17) is 4.74 Å². The summed E-state index contributed by atoms with van der Waals surface area (Å²) in [6.07, 6.45) is 5.38. The molecular weight excluding hydrogens is 324 g/mol. The molecule has 5 nitrogen and oxygen atoms in total. The van der Waals surface area contributed by atoms with E-state index < -0.39 is 0 Å². The van der Waals surface area contributed by atoms with E-state index in [1.165, 1.54) is 49.9 Å². The van der Waals surface area contributed by atoms with Crippen molar-refractivity contribution in [3.8, 4) is 0 Å². The minimum Gasteiger partial charge on any atom is -0.379 e. The molecule has 0 atom stereocenters. The van der Waals surface area contributed by atoms with Crippen molar-refractivity contribution in [1.29, 1.82) is 0 Å². The minimum absolute atomic E-state index is 0.763. The molecule has 3 rings (SSSR count). The van der Waals surface area contributed by atoms with E-state index in [0.717, 1.165) is 44.7 Å². The molecule has 0 aromatic heterocycles. The van der Waals surface area contributed by atoms with Crippen molar-refractivity contribution in [3.63, 3.8) is 0 Å². The lowest BCUT2D eigenvalue weighted by Crippen LogP contribution is -2.40. The Kier molecular flexibility index (Phi) is 7.32. The Morgan fingerprint density at radius 2 is 1.88 bits per heavy atom. The molecule has 0 amide bonds. The first-order valence-electron chi connectivity index (χ1n) is 10.0. The van der Waals surface area contributed by atoms with Crippen molar-refractivity contribution in [2.24, 2.45) is 10.9 Å². The van der Waals surface area contributed by atoms with Crippen LogP contribution in [0.5, 0.6) is 0 Å². The number of hydrogen-bond acceptors (Lipinski definition) is 3. The predicted octanol–water partition coefficient (Wildman–Crippen LogP) is 2.72. The van der Waals surface area contributed by atoms with Crippen LogP contribution in [0.25, 0.3) is 0 Å². The molecule has 1 saturated heterocycles. The van der Waals surface area contributed by atoms with Gasteiger partial charge < -0.3 is 15.0 Å². The van der Waals surface area contributed by atoms with Gasteiger partial charge in [-0.05, 0) is 55.8 Å². The Labute approximate surface area is 158 Å². The Hall–Kier alpha value is -1.59. The number of nitrogens with one attached hydrogen (secondary N) is 1. The topological polar surface area (TPSA) is 40.1 Å². The van der Waals surface area contributed by atoms with Gasteiger partial charge in [-0.15, -0.1) is 0 Å². The molecule has 0 unspecified atom stereocenters. The van der Waals surface area contributed by atoms with Crippen molar-refractivity contribution in [1.82, 2.24) is 15.1 Å². The zero-order valence-corrected chi connectivity index (χ0v) is 16.4. The normalized spacial score (nSPS) is 18.3. The molecule has 26 heavy (non-hydrogen) atoms. The molecule has 0 radical (unpaired) electrons. The molecule has 144 valence electrons. The molecule has 1 heterocycles. The summed E-state index contributed by atoms with van der Waals surface area (Å²) >= 11 is 0. The third-order valence-corrected chi connectivity index (χ3v) is 5.27. The van der Waals surface area contributed by atoms with E-state index in [0.29, 0.717) is 0 Å². The molecule has 0 bridgehead atoms. The van der Waals surface area contributed by atoms with Crippen LogP contribution in [-0.4, -0.2) is 62.7 Å². The summed E-state index contributed by atoms with van der Waals surface area (Å²) in [6, 6.07) is 8.97. The first kappa shape index (κ1) is 19.2. The van der Waals surface area contributed by atoms with Crippen LogP contribution in [0, 0.1) is 5.92 Å². The molecule has 5 heteroatoms. The van der Waals surface area contributed by atoms with Gasteiger partial charge in [-0.25, -0.2) is 0 Å². The van der Waals surface area contributed by atoms with Crippen LogP contribution >= 0.6 is 0 Å². The van der Waals surface area contributed by atoms with Gasteiger partial charge in [-0.1, -0.05) is 24.3 Å². The zero-order valence-electron chi connectivity index (χ0n) is 16.4. The van der Waals surface area contributed by atoms with Gasteiger partial charge in [0.15, 0.2) is 5.96 Å². The molecule has 2 aliphatic rings. The van der Waals surface area contributed by atoms with Crippen LogP contribution in [0.4, 0.5) is 0 Å². The minimum atomic E-state index is 0.763. The molecule has 2 fully saturated rings. The average Bonchev–Trinajstić information content (AvgIpc) is 3.35. The molecule has 1 aliphatic heterocycles. The maximum atomic E-state index is 5.72. The smallest absolute Gasteiger partial charge is 0.193 e. The van der Waals surface area contributed by atoms with Crippen LogP contribution in [0.1, 0.15) is 36.8 Å². The molecule has 1 aromatic carbocycles. The molecule has 1 aromatic rings. The number of aliphatic imine (C=N–C) groups is 1. The Bertz CT molecular complexity index is 562. The van der Waals surface area contributed by atoms with E-state index in [9.17, 15) is 0 Å². The summed E-state index contributed by atoms with van der Waals surface area (Å²) in [5.74, 6) is 1.74. The molecule has 1 aliphatic carbocycles. The Balaban J connectivity index is 1.37. The second kappa shape index (κ2) is 9.93. The molecule has 1 N–H and O–H groups in total. The first-order chi connectivity index (χ1) is 12.7. The van der Waals surface area contributed by atoms with Gasteiger partial charge in [0.1, 0.15) is 0 Å². The summed E-state index contributed by atoms with van der Waals surface area (Å²) in [6.45, 7) is 6.92. The standard InChI is InChI=1S/C21H34N4O/c1-22-21(24(2)13-14-26-17-20-9-10-20)23-15-18-5-7-19(8-6-18)16-25-11-3-4-12-25/h5-8,20H,3-4,9-17H2,1-2H3,(H,22,23). The van der Waals surface area contributed by atoms with Gasteiger partial charge in [0, 0.05) is 40.3 Å². The number of rotatable bonds is 9. The number of likely N-dealkylation sites (tertiary alicyclic amines) is 1. The van der Waals surface area contributed by atoms with Crippen LogP contribution in [0.15, 0.2) is 29.3 Å². The monoisotopic (exact) mass is 358 g/mol. The number of guanidine groups is 1. The van der Waals surface area contributed by atoms with E-state index >= 15 is 0 Å². The van der Waals surface area contributed by atoms with Gasteiger partial charge in [-0.2, -0.15) is 0 Å². The zero-order chi connectivity index (χ0) is 18.2. The number of hydrogen-bond donors (Lipinski definition) is 1. The van der Waals surface area contributed by atoms with Gasteiger partial charge in [-0.3, -0.25) is 9.89 Å². The number of likely N-dealkylation sites (N-methyl/N-ethyl adjacent to an activating group) is 1. The van der Waals surface area contributed by atoms with Crippen LogP contribution in [0.3, 0.4) is 0 Å². The first-order valence-corrected chi connectivity index (χ1v) is 10.0. The lowest BCUT2D eigenvalue weighted by Gasteiger charge is -2.22. The van der Waals surface area contributed by atoms with Crippen molar-refractivity contribution in [2.45, 2.75) is 38.8 Å². The number of ether oxygens (including phenoxy) is 1. The quantitative estimate of drug-likeness (QED) is 0.419. The number of benzene rings is 1. The van der Waals surface area contributed by atoms with Crippen molar-refractivity contribution in [3.05, 3.63) is 35.4 Å². The summed E-state index contributed by atoms with van der Waals surface area (Å²) < 4.78 is 5.72. The fourth-order valence-electron chi connectivity index (χ4n) is 3.37. The summed E-state index contributed by atoms with van der Waals surface area (Å²) in [5.41, 5.74) is 2.69. The third kappa shape index (κ3) is 6.29. The van der Waals surface area contributed by atoms with Crippen molar-refractivity contribution in [2.75, 3.05) is 46.9 Å². The largest absolute Gasteiger partial charge is 0.379 e. The Morgan fingerprint density at radius 3 is 2.54 bits per heavy atom. The highest BCUT2D eigenvalue weighted by Crippen LogP contribution is 2.28. The van der Waals surface area contributed by atoms with E-state index in [-0.39, 0.29) is 0 Å². The van der Waals surface area contributed by atoms with Crippen LogP contribution < -0.4 is 5.32 Å². The van der Waals surface area contributed by atoms with Crippen molar-refractivity contribution >= 4 is 5.96 Å². The highest BCUT2D eigenvalue weighted by atomic mass is 16.5. The summed E-state index contributed by atoms with van der Waals surface area (Å²) in [5, 5.41) is 3.45. The molecule has 1 saturated carbocycles. The average molecular weight is 359 g/mol. The van der Waals surface area contributed by atoms with Crippen LogP contribution in [-0.2, 0) is 17.8 Å². The fourth-order valence-corrected chi connectivity index (χ4v) is 3.37. The maximum Gasteiger partial charge on any atom is 0.193 e. The van der Waals surface area contributed by atoms with Gasteiger partial charge >= 0.3 is 0 Å². The highest BCUT2D eigenvalue weighted by Gasteiger charge is 2.21. The number of nitrogens with zero attached hydrogens (tertiary/aromatic N) is 3. The third-order valence-electron chi connectivity index (χ3n) is 5.27. The van der Waals surface area contributed by atoms with Crippen LogP contribution in [0.2, 0.25) is 0 Å². The second-order valence-electron chi connectivity index (χ2n) is 7.64. The maximum absolute atomic E-state index is 5.72. The lowest BCUT2D eigenvalue weighted by molar-refractivity contribution is 0.115. The Morgan fingerprint density at radius 1 is 1.19 bits per heavy atom. The van der Waals surface area contributed by atoms with Gasteiger partial charge in [0.25, 0.3) is 0 Å². The SMILES string of the molecule is CN=C(NCc1ccc(CN2CCCC2)cc1)N(C)CCOCC1CC1. The van der Waals surface area contributed by atoms with Gasteiger partial charge in [0.05, 0.1) is 6.61 Å². The fraction of sp³-hybridized carbons (Fsp3) is 0.667. The van der Waals surface area contributed by atoms with Crippen molar-refractivity contribution < 1.29 is 4.74 Å². The second-order valence-corrected chi connectivity index (χ2v) is 7.64.